The lowest BCUT2D eigenvalue weighted by Crippen LogP contribution is -2.32. The fourth-order valence-corrected chi connectivity index (χ4v) is 2.49. The summed E-state index contributed by atoms with van der Waals surface area (Å²) in [5, 5.41) is 3.33. The second kappa shape index (κ2) is 5.44. The van der Waals surface area contributed by atoms with Crippen LogP contribution in [-0.2, 0) is 0 Å². The molecule has 1 aromatic carbocycles. The highest BCUT2D eigenvalue weighted by Gasteiger charge is 2.23. The summed E-state index contributed by atoms with van der Waals surface area (Å²) < 4.78 is 0. The van der Waals surface area contributed by atoms with Gasteiger partial charge in [0.2, 0.25) is 0 Å². The molecule has 1 heterocycles. The topological polar surface area (TPSA) is 37.8 Å². The average molecular weight is 243 g/mol. The second-order valence-electron chi connectivity index (χ2n) is 5.13. The zero-order valence-electron chi connectivity index (χ0n) is 11.5. The van der Waals surface area contributed by atoms with E-state index in [1.165, 1.54) is 0 Å². The van der Waals surface area contributed by atoms with Gasteiger partial charge in [-0.05, 0) is 32.0 Å². The van der Waals surface area contributed by atoms with Crippen LogP contribution < -0.4 is 5.32 Å². The largest absolute Gasteiger partial charge is 0.317 e. The first kappa shape index (κ1) is 13.0. The maximum absolute atomic E-state index is 4.76. The zero-order valence-corrected chi connectivity index (χ0v) is 11.5. The van der Waals surface area contributed by atoms with E-state index in [9.17, 15) is 0 Å². The molecule has 2 unspecified atom stereocenters. The molecule has 2 rings (SSSR count). The number of para-hydroxylation sites is 2. The number of aromatic nitrogens is 2. The highest BCUT2D eigenvalue weighted by Crippen LogP contribution is 2.27. The van der Waals surface area contributed by atoms with Crippen LogP contribution in [0.2, 0.25) is 0 Å². The molecule has 0 amide bonds. The summed E-state index contributed by atoms with van der Waals surface area (Å²) in [4.78, 5) is 9.27. The van der Waals surface area contributed by atoms with Crippen molar-refractivity contribution in [2.45, 2.75) is 32.7 Å². The molecule has 1 N–H and O–H groups in total. The number of nitrogens with one attached hydrogen (secondary N) is 1. The molecule has 2 atom stereocenters. The van der Waals surface area contributed by atoms with Crippen molar-refractivity contribution in [3.05, 3.63) is 36.2 Å². The van der Waals surface area contributed by atoms with Crippen LogP contribution >= 0.6 is 0 Å². The number of hydrogen-bond acceptors (Lipinski definition) is 3. The van der Waals surface area contributed by atoms with Crippen LogP contribution in [-0.4, -0.2) is 23.1 Å². The summed E-state index contributed by atoms with van der Waals surface area (Å²) in [7, 11) is 1.99. The highest BCUT2D eigenvalue weighted by molar-refractivity contribution is 5.73. The summed E-state index contributed by atoms with van der Waals surface area (Å²) in [6.45, 7) is 6.66. The fourth-order valence-electron chi connectivity index (χ4n) is 2.49. The van der Waals surface area contributed by atoms with Gasteiger partial charge >= 0.3 is 0 Å². The van der Waals surface area contributed by atoms with Gasteiger partial charge in [-0.2, -0.15) is 0 Å². The van der Waals surface area contributed by atoms with E-state index in [4.69, 9.17) is 4.98 Å². The lowest BCUT2D eigenvalue weighted by atomic mass is 9.86. The van der Waals surface area contributed by atoms with Crippen molar-refractivity contribution in [2.75, 3.05) is 7.05 Å². The Kier molecular flexibility index (Phi) is 3.92. The highest BCUT2D eigenvalue weighted by atomic mass is 14.9. The van der Waals surface area contributed by atoms with E-state index in [2.05, 4.69) is 31.1 Å². The molecule has 3 nitrogen and oxygen atoms in total. The number of likely N-dealkylation sites (N-methyl/N-ethyl adjacent to an activating group) is 1. The first-order valence-corrected chi connectivity index (χ1v) is 6.52. The average Bonchev–Trinajstić information content (AvgIpc) is 2.38. The Morgan fingerprint density at radius 3 is 2.33 bits per heavy atom. The minimum Gasteiger partial charge on any atom is -0.317 e. The van der Waals surface area contributed by atoms with Crippen LogP contribution in [0.3, 0.4) is 0 Å². The van der Waals surface area contributed by atoms with Gasteiger partial charge in [0.1, 0.15) is 0 Å². The molecule has 0 aliphatic heterocycles. The quantitative estimate of drug-likeness (QED) is 0.897. The maximum atomic E-state index is 4.76. The molecule has 0 radical (unpaired) electrons. The smallest absolute Gasteiger partial charge is 0.0890 e. The molecule has 0 aliphatic rings. The van der Waals surface area contributed by atoms with Gasteiger partial charge in [0.25, 0.3) is 0 Å². The van der Waals surface area contributed by atoms with Crippen LogP contribution in [0.25, 0.3) is 11.0 Å². The third-order valence-corrected chi connectivity index (χ3v) is 3.52. The van der Waals surface area contributed by atoms with Gasteiger partial charge < -0.3 is 5.32 Å². The van der Waals surface area contributed by atoms with Crippen molar-refractivity contribution in [1.82, 2.24) is 15.3 Å². The SMILES string of the molecule is CNC(C)C(c1cnc2ccccc2n1)C(C)C. The van der Waals surface area contributed by atoms with Crippen molar-refractivity contribution in [1.29, 1.82) is 0 Å². The second-order valence-corrected chi connectivity index (χ2v) is 5.13. The van der Waals surface area contributed by atoms with E-state index >= 15 is 0 Å². The van der Waals surface area contributed by atoms with Crippen molar-refractivity contribution in [3.63, 3.8) is 0 Å². The van der Waals surface area contributed by atoms with Crippen molar-refractivity contribution in [3.8, 4) is 0 Å². The fraction of sp³-hybridized carbons (Fsp3) is 0.467. The van der Waals surface area contributed by atoms with E-state index in [1.54, 1.807) is 0 Å². The van der Waals surface area contributed by atoms with Crippen LogP contribution in [0.15, 0.2) is 30.5 Å². The number of nitrogens with zero attached hydrogens (tertiary/aromatic N) is 2. The third kappa shape index (κ3) is 2.51. The Balaban J connectivity index is 2.44. The summed E-state index contributed by atoms with van der Waals surface area (Å²) in [5.74, 6) is 0.912. The number of benzene rings is 1. The van der Waals surface area contributed by atoms with E-state index < -0.39 is 0 Å². The third-order valence-electron chi connectivity index (χ3n) is 3.52. The molecule has 96 valence electrons. The molecule has 0 aliphatic carbocycles. The van der Waals surface area contributed by atoms with E-state index in [0.29, 0.717) is 17.9 Å². The molecule has 0 saturated carbocycles. The molecular weight excluding hydrogens is 222 g/mol. The Bertz CT molecular complexity index is 522. The lowest BCUT2D eigenvalue weighted by molar-refractivity contribution is 0.388. The predicted octanol–water partition coefficient (Wildman–Crippen LogP) is 2.98. The van der Waals surface area contributed by atoms with Gasteiger partial charge in [0.05, 0.1) is 16.7 Å². The van der Waals surface area contributed by atoms with Crippen molar-refractivity contribution in [2.24, 2.45) is 5.92 Å². The number of rotatable bonds is 4. The molecule has 0 bridgehead atoms. The maximum Gasteiger partial charge on any atom is 0.0890 e. The summed E-state index contributed by atoms with van der Waals surface area (Å²) >= 11 is 0. The standard InChI is InChI=1S/C15H21N3/c1-10(2)15(11(3)16-4)14-9-17-12-7-5-6-8-13(12)18-14/h5-11,15-16H,1-4H3. The van der Waals surface area contributed by atoms with Gasteiger partial charge in [-0.1, -0.05) is 26.0 Å². The van der Waals surface area contributed by atoms with Crippen LogP contribution in [0, 0.1) is 5.92 Å². The molecule has 1 aromatic heterocycles. The van der Waals surface area contributed by atoms with Gasteiger partial charge in [0.15, 0.2) is 0 Å². The first-order valence-electron chi connectivity index (χ1n) is 6.52. The van der Waals surface area contributed by atoms with Gasteiger partial charge in [-0.25, -0.2) is 4.98 Å². The minimum absolute atomic E-state index is 0.382. The lowest BCUT2D eigenvalue weighted by Gasteiger charge is -2.26. The van der Waals surface area contributed by atoms with Crippen LogP contribution in [0.5, 0.6) is 0 Å². The molecule has 0 saturated heterocycles. The first-order chi connectivity index (χ1) is 8.63. The van der Waals surface area contributed by atoms with Crippen molar-refractivity contribution < 1.29 is 0 Å². The number of fused-ring (bicyclic) bond motifs is 1. The van der Waals surface area contributed by atoms with E-state index in [0.717, 1.165) is 16.7 Å². The zero-order chi connectivity index (χ0) is 13.1. The van der Waals surface area contributed by atoms with E-state index in [-0.39, 0.29) is 0 Å². The van der Waals surface area contributed by atoms with Gasteiger partial charge in [-0.3, -0.25) is 4.98 Å². The van der Waals surface area contributed by atoms with E-state index in [1.807, 2.05) is 37.5 Å². The monoisotopic (exact) mass is 243 g/mol. The van der Waals surface area contributed by atoms with Gasteiger partial charge in [-0.15, -0.1) is 0 Å². The summed E-state index contributed by atoms with van der Waals surface area (Å²) in [6.07, 6.45) is 1.92. The molecule has 0 spiro atoms. The van der Waals surface area contributed by atoms with Gasteiger partial charge in [0, 0.05) is 18.2 Å². The molecule has 0 fully saturated rings. The molecule has 18 heavy (non-hydrogen) atoms. The molecule has 2 aromatic rings. The normalized spacial score (nSPS) is 14.9. The molecule has 3 heteroatoms. The summed E-state index contributed by atoms with van der Waals surface area (Å²) in [5.41, 5.74) is 3.01. The predicted molar refractivity (Wildman–Crippen MR) is 75.6 cm³/mol. The van der Waals surface area contributed by atoms with Crippen LogP contribution in [0.4, 0.5) is 0 Å². The Hall–Kier alpha value is -1.48. The Labute approximate surface area is 109 Å². The Morgan fingerprint density at radius 1 is 1.06 bits per heavy atom. The summed E-state index contributed by atoms with van der Waals surface area (Å²) in [6, 6.07) is 8.41. The minimum atomic E-state index is 0.382. The van der Waals surface area contributed by atoms with Crippen LogP contribution in [0.1, 0.15) is 32.4 Å². The van der Waals surface area contributed by atoms with Crippen molar-refractivity contribution >= 4 is 11.0 Å². The number of hydrogen-bond donors (Lipinski definition) is 1. The molecular formula is C15H21N3. The Morgan fingerprint density at radius 2 is 1.72 bits per heavy atom.